The van der Waals surface area contributed by atoms with E-state index in [2.05, 4.69) is 12.7 Å². The molecule has 3 heteroatoms. The number of rotatable bonds is 0. The minimum absolute atomic E-state index is 0.250. The van der Waals surface area contributed by atoms with Gasteiger partial charge in [0.1, 0.15) is 0 Å². The molecule has 9 heavy (non-hydrogen) atoms. The van der Waals surface area contributed by atoms with E-state index in [1.54, 1.807) is 0 Å². The summed E-state index contributed by atoms with van der Waals surface area (Å²) < 4.78 is 5.15. The number of hydrogen-bond donors (Lipinski definition) is 1. The zero-order chi connectivity index (χ0) is 7.11. The highest BCUT2D eigenvalue weighted by atomic mass is 16.5. The Kier molecular flexibility index (Phi) is 5.21. The minimum atomic E-state index is 0.250. The van der Waals surface area contributed by atoms with Gasteiger partial charge in [0, 0.05) is 6.61 Å². The number of carbonyl (C=O) groups excluding carboxylic acids is 1. The molecule has 1 aliphatic heterocycles. The molecule has 0 aromatic rings. The molecule has 0 aliphatic carbocycles. The Labute approximate surface area is 55.2 Å². The van der Waals surface area contributed by atoms with E-state index in [9.17, 15) is 0 Å². The molecule has 1 atom stereocenters. The minimum Gasteiger partial charge on any atom is -0.379 e. The van der Waals surface area contributed by atoms with Gasteiger partial charge in [-0.15, -0.1) is 0 Å². The summed E-state index contributed by atoms with van der Waals surface area (Å²) in [7, 11) is 0. The smallest absolute Gasteiger partial charge is 0.204 e. The average molecular weight is 131 g/mol. The molecule has 0 spiro atoms. The van der Waals surface area contributed by atoms with Crippen molar-refractivity contribution in [2.75, 3.05) is 6.61 Å². The number of hydrogen-bond acceptors (Lipinski definition) is 2. The first-order chi connectivity index (χ1) is 4.31. The SMILES string of the molecule is CC1CCCO1.NC=O. The fourth-order valence-corrected chi connectivity index (χ4v) is 0.739. The molecule has 1 amide bonds. The number of primary amides is 1. The van der Waals surface area contributed by atoms with E-state index in [0.717, 1.165) is 6.61 Å². The van der Waals surface area contributed by atoms with Crippen molar-refractivity contribution < 1.29 is 9.53 Å². The van der Waals surface area contributed by atoms with Gasteiger partial charge in [-0.2, -0.15) is 0 Å². The van der Waals surface area contributed by atoms with E-state index in [0.29, 0.717) is 6.10 Å². The number of nitrogens with two attached hydrogens (primary N) is 1. The summed E-state index contributed by atoms with van der Waals surface area (Å²) in [6, 6.07) is 0. The first kappa shape index (κ1) is 8.43. The van der Waals surface area contributed by atoms with E-state index < -0.39 is 0 Å². The summed E-state index contributed by atoms with van der Waals surface area (Å²) in [6.45, 7) is 3.11. The maximum atomic E-state index is 8.58. The molecule has 54 valence electrons. The van der Waals surface area contributed by atoms with Crippen LogP contribution >= 0.6 is 0 Å². The van der Waals surface area contributed by atoms with Crippen LogP contribution in [0.1, 0.15) is 19.8 Å². The summed E-state index contributed by atoms with van der Waals surface area (Å²) in [5.74, 6) is 0. The molecule has 1 fully saturated rings. The fraction of sp³-hybridized carbons (Fsp3) is 0.833. The third kappa shape index (κ3) is 5.30. The van der Waals surface area contributed by atoms with Crippen LogP contribution in [0.3, 0.4) is 0 Å². The molecule has 0 aromatic carbocycles. The molecule has 1 aliphatic rings. The standard InChI is InChI=1S/C5H10O.CH3NO/c1-5-3-2-4-6-5;2-1-3/h5H,2-4H2,1H3;1H,(H2,2,3). The lowest BCUT2D eigenvalue weighted by Gasteiger charge is -1.94. The van der Waals surface area contributed by atoms with Crippen molar-refractivity contribution in [2.45, 2.75) is 25.9 Å². The molecule has 2 N–H and O–H groups in total. The van der Waals surface area contributed by atoms with E-state index in [1.165, 1.54) is 12.8 Å². The lowest BCUT2D eigenvalue weighted by atomic mass is 10.3. The zero-order valence-electron chi connectivity index (χ0n) is 5.67. The highest BCUT2D eigenvalue weighted by Crippen LogP contribution is 2.09. The molecule has 0 radical (unpaired) electrons. The Morgan fingerprint density at radius 3 is 2.44 bits per heavy atom. The van der Waals surface area contributed by atoms with Crippen molar-refractivity contribution >= 4 is 6.41 Å². The van der Waals surface area contributed by atoms with E-state index in [-0.39, 0.29) is 6.41 Å². The molecule has 1 saturated heterocycles. The lowest BCUT2D eigenvalue weighted by molar-refractivity contribution is -0.106. The van der Waals surface area contributed by atoms with Gasteiger partial charge in [0.05, 0.1) is 6.10 Å². The molecular formula is C6H13NO2. The third-order valence-electron chi connectivity index (χ3n) is 1.16. The van der Waals surface area contributed by atoms with Crippen LogP contribution in [-0.2, 0) is 9.53 Å². The topological polar surface area (TPSA) is 52.3 Å². The number of ether oxygens (including phenoxy) is 1. The van der Waals surface area contributed by atoms with Crippen molar-refractivity contribution in [3.8, 4) is 0 Å². The maximum absolute atomic E-state index is 8.58. The molecule has 1 unspecified atom stereocenters. The van der Waals surface area contributed by atoms with Gasteiger partial charge in [0.15, 0.2) is 0 Å². The molecular weight excluding hydrogens is 118 g/mol. The predicted octanol–water partition coefficient (Wildman–Crippen LogP) is 0.287. The van der Waals surface area contributed by atoms with Gasteiger partial charge in [-0.3, -0.25) is 4.79 Å². The molecule has 0 aromatic heterocycles. The van der Waals surface area contributed by atoms with Gasteiger partial charge in [-0.1, -0.05) is 0 Å². The molecule has 0 saturated carbocycles. The van der Waals surface area contributed by atoms with Crippen LogP contribution in [0, 0.1) is 0 Å². The van der Waals surface area contributed by atoms with E-state index in [4.69, 9.17) is 9.53 Å². The monoisotopic (exact) mass is 131 g/mol. The summed E-state index contributed by atoms with van der Waals surface area (Å²) in [4.78, 5) is 8.58. The highest BCUT2D eigenvalue weighted by Gasteiger charge is 2.07. The van der Waals surface area contributed by atoms with Crippen molar-refractivity contribution in [1.29, 1.82) is 0 Å². The Hall–Kier alpha value is -0.570. The van der Waals surface area contributed by atoms with Gasteiger partial charge in [-0.05, 0) is 19.8 Å². The lowest BCUT2D eigenvalue weighted by Crippen LogP contribution is -1.94. The van der Waals surface area contributed by atoms with Gasteiger partial charge in [0.25, 0.3) is 0 Å². The largest absolute Gasteiger partial charge is 0.379 e. The quantitative estimate of drug-likeness (QED) is 0.480. The maximum Gasteiger partial charge on any atom is 0.204 e. The molecule has 0 bridgehead atoms. The van der Waals surface area contributed by atoms with Gasteiger partial charge in [0.2, 0.25) is 6.41 Å². The van der Waals surface area contributed by atoms with Crippen molar-refractivity contribution in [3.63, 3.8) is 0 Å². The highest BCUT2D eigenvalue weighted by molar-refractivity contribution is 5.42. The Bertz CT molecular complexity index is 69.5. The number of carbonyl (C=O) groups is 1. The van der Waals surface area contributed by atoms with Crippen LogP contribution < -0.4 is 5.73 Å². The summed E-state index contributed by atoms with van der Waals surface area (Å²) >= 11 is 0. The van der Waals surface area contributed by atoms with Gasteiger partial charge < -0.3 is 10.5 Å². The summed E-state index contributed by atoms with van der Waals surface area (Å²) in [5.41, 5.74) is 4.17. The number of amides is 1. The zero-order valence-corrected chi connectivity index (χ0v) is 5.67. The average Bonchev–Trinajstić information content (AvgIpc) is 2.20. The second-order valence-corrected chi connectivity index (χ2v) is 1.96. The van der Waals surface area contributed by atoms with Gasteiger partial charge >= 0.3 is 0 Å². The first-order valence-electron chi connectivity index (χ1n) is 3.08. The summed E-state index contributed by atoms with van der Waals surface area (Å²) in [6.07, 6.45) is 3.33. The predicted molar refractivity (Wildman–Crippen MR) is 34.9 cm³/mol. The van der Waals surface area contributed by atoms with E-state index in [1.807, 2.05) is 0 Å². The Morgan fingerprint density at radius 1 is 1.78 bits per heavy atom. The van der Waals surface area contributed by atoms with Crippen LogP contribution in [0.15, 0.2) is 0 Å². The molecule has 1 heterocycles. The van der Waals surface area contributed by atoms with Gasteiger partial charge in [-0.25, -0.2) is 0 Å². The first-order valence-corrected chi connectivity index (χ1v) is 3.08. The van der Waals surface area contributed by atoms with Crippen molar-refractivity contribution in [2.24, 2.45) is 5.73 Å². The Balaban J connectivity index is 0.000000187. The molecule has 3 nitrogen and oxygen atoms in total. The second-order valence-electron chi connectivity index (χ2n) is 1.96. The van der Waals surface area contributed by atoms with Crippen molar-refractivity contribution in [1.82, 2.24) is 0 Å². The Morgan fingerprint density at radius 2 is 2.33 bits per heavy atom. The van der Waals surface area contributed by atoms with Crippen LogP contribution in [0.25, 0.3) is 0 Å². The van der Waals surface area contributed by atoms with E-state index >= 15 is 0 Å². The second kappa shape index (κ2) is 5.56. The van der Waals surface area contributed by atoms with Crippen LogP contribution in [-0.4, -0.2) is 19.1 Å². The van der Waals surface area contributed by atoms with Crippen molar-refractivity contribution in [3.05, 3.63) is 0 Å². The third-order valence-corrected chi connectivity index (χ3v) is 1.16. The van der Waals surface area contributed by atoms with Crippen LogP contribution in [0.4, 0.5) is 0 Å². The van der Waals surface area contributed by atoms with Crippen LogP contribution in [0.5, 0.6) is 0 Å². The normalized spacial score (nSPS) is 24.3. The fourth-order valence-electron chi connectivity index (χ4n) is 0.739. The summed E-state index contributed by atoms with van der Waals surface area (Å²) in [5, 5.41) is 0. The molecule has 1 rings (SSSR count). The van der Waals surface area contributed by atoms with Crippen LogP contribution in [0.2, 0.25) is 0 Å².